The predicted octanol–water partition coefficient (Wildman–Crippen LogP) is 5.24. The van der Waals surface area contributed by atoms with Crippen LogP contribution in [0.2, 0.25) is 5.02 Å². The van der Waals surface area contributed by atoms with E-state index >= 15 is 0 Å². The van der Waals surface area contributed by atoms with Crippen molar-refractivity contribution in [3.05, 3.63) is 56.7 Å². The Balaban J connectivity index is 1.38. The van der Waals surface area contributed by atoms with Gasteiger partial charge in [0.25, 0.3) is 0 Å². The SMILES string of the molecule is CCC1CCc2c(sc(NC(=O)CSc3nnc(Cc4ccc(Cl)cc4)n3C)c2C#N)C1. The molecule has 0 aliphatic heterocycles. The number of benzene rings is 1. The largest absolute Gasteiger partial charge is 0.316 e. The van der Waals surface area contributed by atoms with E-state index in [-0.39, 0.29) is 11.7 Å². The van der Waals surface area contributed by atoms with Gasteiger partial charge in [-0.3, -0.25) is 4.79 Å². The molecule has 6 nitrogen and oxygen atoms in total. The van der Waals surface area contributed by atoms with Gasteiger partial charge in [0.1, 0.15) is 16.9 Å². The van der Waals surface area contributed by atoms with E-state index in [4.69, 9.17) is 11.6 Å². The molecule has 0 spiro atoms. The number of thioether (sulfide) groups is 1. The van der Waals surface area contributed by atoms with Crippen LogP contribution in [-0.4, -0.2) is 26.4 Å². The second-order valence-corrected chi connectivity index (χ2v) is 10.4. The second kappa shape index (κ2) is 10.1. The zero-order valence-electron chi connectivity index (χ0n) is 18.0. The number of rotatable bonds is 7. The molecule has 0 radical (unpaired) electrons. The van der Waals surface area contributed by atoms with Crippen LogP contribution in [0.4, 0.5) is 5.00 Å². The van der Waals surface area contributed by atoms with Crippen molar-refractivity contribution in [2.75, 3.05) is 11.1 Å². The lowest BCUT2D eigenvalue weighted by atomic mass is 9.86. The standard InChI is InChI=1S/C23H24ClN5OS2/c1-3-14-6-9-17-18(12-25)22(32-19(17)10-14)26-21(30)13-31-23-28-27-20(29(23)2)11-15-4-7-16(24)8-5-15/h4-5,7-8,14H,3,6,9-11,13H2,1-2H3,(H,26,30). The summed E-state index contributed by atoms with van der Waals surface area (Å²) in [6.07, 6.45) is 4.83. The Bertz CT molecular complexity index is 1160. The van der Waals surface area contributed by atoms with Gasteiger partial charge in [-0.2, -0.15) is 5.26 Å². The maximum Gasteiger partial charge on any atom is 0.235 e. The summed E-state index contributed by atoms with van der Waals surface area (Å²) in [5.74, 6) is 1.56. The first-order valence-corrected chi connectivity index (χ1v) is 12.8. The Kier molecular flexibility index (Phi) is 7.19. The number of hydrogen-bond donors (Lipinski definition) is 1. The molecule has 9 heteroatoms. The van der Waals surface area contributed by atoms with Crippen molar-refractivity contribution in [1.82, 2.24) is 14.8 Å². The van der Waals surface area contributed by atoms with Crippen molar-refractivity contribution >= 4 is 45.6 Å². The highest BCUT2D eigenvalue weighted by molar-refractivity contribution is 7.99. The van der Waals surface area contributed by atoms with Gasteiger partial charge in [0.2, 0.25) is 5.91 Å². The average molecular weight is 486 g/mol. The lowest BCUT2D eigenvalue weighted by Crippen LogP contribution is -2.14. The van der Waals surface area contributed by atoms with E-state index in [1.54, 1.807) is 11.3 Å². The number of nitrogens with one attached hydrogen (secondary N) is 1. The number of nitrogens with zero attached hydrogens (tertiary/aromatic N) is 4. The highest BCUT2D eigenvalue weighted by Gasteiger charge is 2.25. The molecule has 3 aromatic rings. The van der Waals surface area contributed by atoms with E-state index < -0.39 is 0 Å². The van der Waals surface area contributed by atoms with Crippen LogP contribution in [0.1, 0.15) is 47.2 Å². The molecular formula is C23H24ClN5OS2. The number of halogens is 1. The van der Waals surface area contributed by atoms with Crippen LogP contribution in [0.3, 0.4) is 0 Å². The van der Waals surface area contributed by atoms with Gasteiger partial charge < -0.3 is 9.88 Å². The summed E-state index contributed by atoms with van der Waals surface area (Å²) < 4.78 is 1.90. The molecule has 0 saturated carbocycles. The summed E-state index contributed by atoms with van der Waals surface area (Å²) >= 11 is 8.85. The summed E-state index contributed by atoms with van der Waals surface area (Å²) in [6.45, 7) is 2.21. The van der Waals surface area contributed by atoms with E-state index in [9.17, 15) is 10.1 Å². The number of aromatic nitrogens is 3. The quantitative estimate of drug-likeness (QED) is 0.463. The number of fused-ring (bicyclic) bond motifs is 1. The van der Waals surface area contributed by atoms with Crippen LogP contribution < -0.4 is 5.32 Å². The maximum atomic E-state index is 12.6. The number of amides is 1. The molecule has 1 aliphatic rings. The molecule has 1 aromatic carbocycles. The summed E-state index contributed by atoms with van der Waals surface area (Å²) in [7, 11) is 1.90. The van der Waals surface area contributed by atoms with Crippen molar-refractivity contribution in [1.29, 1.82) is 5.26 Å². The van der Waals surface area contributed by atoms with E-state index in [1.165, 1.54) is 16.6 Å². The minimum Gasteiger partial charge on any atom is -0.316 e. The summed E-state index contributed by atoms with van der Waals surface area (Å²) in [5.41, 5.74) is 2.86. The lowest BCUT2D eigenvalue weighted by molar-refractivity contribution is -0.113. The Morgan fingerprint density at radius 3 is 2.88 bits per heavy atom. The Hall–Kier alpha value is -2.34. The highest BCUT2D eigenvalue weighted by atomic mass is 35.5. The molecule has 2 heterocycles. The highest BCUT2D eigenvalue weighted by Crippen LogP contribution is 2.40. The summed E-state index contributed by atoms with van der Waals surface area (Å²) in [6, 6.07) is 9.95. The van der Waals surface area contributed by atoms with Crippen LogP contribution in [0.15, 0.2) is 29.4 Å². The first-order valence-electron chi connectivity index (χ1n) is 10.6. The van der Waals surface area contributed by atoms with E-state index in [2.05, 4.69) is 28.5 Å². The number of carbonyl (C=O) groups is 1. The van der Waals surface area contributed by atoms with Crippen molar-refractivity contribution in [2.24, 2.45) is 13.0 Å². The molecule has 1 unspecified atom stereocenters. The minimum absolute atomic E-state index is 0.139. The summed E-state index contributed by atoms with van der Waals surface area (Å²) in [5, 5.41) is 23.2. The number of thiophene rings is 1. The normalized spacial score (nSPS) is 15.2. The number of carbonyl (C=O) groups excluding carboxylic acids is 1. The van der Waals surface area contributed by atoms with Gasteiger partial charge in [-0.25, -0.2) is 0 Å². The number of hydrogen-bond acceptors (Lipinski definition) is 6. The van der Waals surface area contributed by atoms with E-state index in [1.807, 2.05) is 35.9 Å². The molecule has 0 fully saturated rings. The fourth-order valence-electron chi connectivity index (χ4n) is 3.91. The van der Waals surface area contributed by atoms with Crippen LogP contribution in [0.25, 0.3) is 0 Å². The Morgan fingerprint density at radius 2 is 2.16 bits per heavy atom. The van der Waals surface area contributed by atoms with Crippen molar-refractivity contribution in [3.8, 4) is 6.07 Å². The third-order valence-electron chi connectivity index (χ3n) is 5.84. The minimum atomic E-state index is -0.139. The first-order chi connectivity index (χ1) is 15.5. The first kappa shape index (κ1) is 22.8. The van der Waals surface area contributed by atoms with Crippen molar-refractivity contribution < 1.29 is 4.79 Å². The monoisotopic (exact) mass is 485 g/mol. The van der Waals surface area contributed by atoms with Crippen LogP contribution >= 0.6 is 34.7 Å². The van der Waals surface area contributed by atoms with Gasteiger partial charge in [0.15, 0.2) is 5.16 Å². The van der Waals surface area contributed by atoms with Crippen molar-refractivity contribution in [3.63, 3.8) is 0 Å². The predicted molar refractivity (Wildman–Crippen MR) is 129 cm³/mol. The van der Waals surface area contributed by atoms with Gasteiger partial charge in [0, 0.05) is 23.4 Å². The molecule has 166 valence electrons. The maximum absolute atomic E-state index is 12.6. The van der Waals surface area contributed by atoms with Gasteiger partial charge in [-0.05, 0) is 48.4 Å². The third kappa shape index (κ3) is 5.01. The third-order valence-corrected chi connectivity index (χ3v) is 8.28. The lowest BCUT2D eigenvalue weighted by Gasteiger charge is -2.20. The average Bonchev–Trinajstić information content (AvgIpc) is 3.32. The van der Waals surface area contributed by atoms with E-state index in [0.29, 0.717) is 33.1 Å². The molecule has 1 atom stereocenters. The fraction of sp³-hybridized carbons (Fsp3) is 0.391. The molecule has 2 aromatic heterocycles. The van der Waals surface area contributed by atoms with Gasteiger partial charge in [0.05, 0.1) is 11.3 Å². The second-order valence-electron chi connectivity index (χ2n) is 7.93. The molecule has 32 heavy (non-hydrogen) atoms. The molecule has 0 saturated heterocycles. The topological polar surface area (TPSA) is 83.6 Å². The molecule has 0 bridgehead atoms. The Labute approximate surface area is 201 Å². The molecule has 4 rings (SSSR count). The van der Waals surface area contributed by atoms with Gasteiger partial charge in [-0.1, -0.05) is 48.8 Å². The van der Waals surface area contributed by atoms with Crippen LogP contribution in [-0.2, 0) is 31.1 Å². The zero-order chi connectivity index (χ0) is 22.7. The van der Waals surface area contributed by atoms with Gasteiger partial charge in [-0.15, -0.1) is 21.5 Å². The molecule has 1 amide bonds. The smallest absolute Gasteiger partial charge is 0.235 e. The number of nitriles is 1. The van der Waals surface area contributed by atoms with E-state index in [0.717, 1.165) is 42.6 Å². The molecule has 1 N–H and O–H groups in total. The fourth-order valence-corrected chi connectivity index (χ4v) is 6.10. The number of anilines is 1. The van der Waals surface area contributed by atoms with Crippen molar-refractivity contribution in [2.45, 2.75) is 44.2 Å². The Morgan fingerprint density at radius 1 is 1.38 bits per heavy atom. The molecular weight excluding hydrogens is 462 g/mol. The van der Waals surface area contributed by atoms with Gasteiger partial charge >= 0.3 is 0 Å². The molecule has 1 aliphatic carbocycles. The summed E-state index contributed by atoms with van der Waals surface area (Å²) in [4.78, 5) is 13.9. The van der Waals surface area contributed by atoms with Crippen LogP contribution in [0.5, 0.6) is 0 Å². The van der Waals surface area contributed by atoms with Crippen LogP contribution in [0, 0.1) is 17.2 Å². The zero-order valence-corrected chi connectivity index (χ0v) is 20.4.